The molecule has 1 aromatic heterocycles. The van der Waals surface area contributed by atoms with Crippen molar-refractivity contribution in [2.75, 3.05) is 7.05 Å². The summed E-state index contributed by atoms with van der Waals surface area (Å²) < 4.78 is 42.8. The van der Waals surface area contributed by atoms with E-state index in [9.17, 15) is 17.6 Å². The van der Waals surface area contributed by atoms with E-state index in [0.717, 1.165) is 17.7 Å². The molecule has 0 saturated heterocycles. The Hall–Kier alpha value is -3.36. The first kappa shape index (κ1) is 22.8. The molecule has 1 unspecified atom stereocenters. The van der Waals surface area contributed by atoms with Crippen LogP contribution in [-0.4, -0.2) is 29.3 Å². The van der Waals surface area contributed by atoms with Crippen molar-refractivity contribution < 1.29 is 12.8 Å². The molecular weight excluding hydrogens is 441 g/mol. The van der Waals surface area contributed by atoms with Crippen LogP contribution in [0, 0.1) is 12.7 Å². The molecule has 4 aromatic rings. The van der Waals surface area contributed by atoms with Crippen LogP contribution in [-0.2, 0) is 10.0 Å². The molecule has 3 aromatic carbocycles. The molecule has 1 atom stereocenters. The van der Waals surface area contributed by atoms with Gasteiger partial charge in [0.1, 0.15) is 11.6 Å². The molecule has 0 amide bonds. The van der Waals surface area contributed by atoms with Gasteiger partial charge >= 0.3 is 0 Å². The summed E-state index contributed by atoms with van der Waals surface area (Å²) in [6.45, 7) is 3.76. The second kappa shape index (κ2) is 8.88. The number of hydrogen-bond acceptors (Lipinski definition) is 4. The van der Waals surface area contributed by atoms with E-state index in [2.05, 4.69) is 0 Å². The molecule has 0 aliphatic heterocycles. The van der Waals surface area contributed by atoms with E-state index in [1.54, 1.807) is 30.3 Å². The fraction of sp³-hybridized carbons (Fsp3) is 0.200. The maximum Gasteiger partial charge on any atom is 0.266 e. The van der Waals surface area contributed by atoms with Crippen molar-refractivity contribution in [3.63, 3.8) is 0 Å². The fourth-order valence-electron chi connectivity index (χ4n) is 3.93. The summed E-state index contributed by atoms with van der Waals surface area (Å²) in [6.07, 6.45) is 0.369. The first-order valence-electron chi connectivity index (χ1n) is 10.6. The average molecular weight is 466 g/mol. The molecule has 0 N–H and O–H groups in total. The Morgan fingerprint density at radius 1 is 1.03 bits per heavy atom. The number of aromatic nitrogens is 2. The zero-order valence-electron chi connectivity index (χ0n) is 18.6. The monoisotopic (exact) mass is 465 g/mol. The molecule has 0 bridgehead atoms. The predicted octanol–water partition coefficient (Wildman–Crippen LogP) is 4.61. The lowest BCUT2D eigenvalue weighted by Crippen LogP contribution is -2.36. The summed E-state index contributed by atoms with van der Waals surface area (Å²) in [7, 11) is -2.52. The summed E-state index contributed by atoms with van der Waals surface area (Å²) in [5.41, 5.74) is 1.79. The highest BCUT2D eigenvalue weighted by Gasteiger charge is 2.32. The summed E-state index contributed by atoms with van der Waals surface area (Å²) in [5, 5.41) is 0.446. The van der Waals surface area contributed by atoms with Crippen LogP contribution in [0.4, 0.5) is 4.39 Å². The van der Waals surface area contributed by atoms with Gasteiger partial charge in [-0.2, -0.15) is 4.31 Å². The molecule has 8 heteroatoms. The van der Waals surface area contributed by atoms with Gasteiger partial charge in [-0.1, -0.05) is 31.2 Å². The molecule has 0 spiro atoms. The van der Waals surface area contributed by atoms with Gasteiger partial charge in [0.25, 0.3) is 5.56 Å². The van der Waals surface area contributed by atoms with Crippen molar-refractivity contribution in [2.24, 2.45) is 0 Å². The van der Waals surface area contributed by atoms with Gasteiger partial charge in [-0.05, 0) is 67.4 Å². The number of rotatable bonds is 6. The lowest BCUT2D eigenvalue weighted by Gasteiger charge is -2.28. The van der Waals surface area contributed by atoms with Crippen LogP contribution in [0.5, 0.6) is 0 Å². The molecule has 0 saturated carbocycles. The number of hydrogen-bond donors (Lipinski definition) is 0. The van der Waals surface area contributed by atoms with Crippen molar-refractivity contribution in [3.8, 4) is 5.69 Å². The van der Waals surface area contributed by atoms with E-state index < -0.39 is 21.9 Å². The number of benzene rings is 3. The number of halogens is 1. The number of sulfonamides is 1. The Balaban J connectivity index is 1.95. The normalized spacial score (nSPS) is 12.9. The largest absolute Gasteiger partial charge is 0.268 e. The zero-order chi connectivity index (χ0) is 23.8. The van der Waals surface area contributed by atoms with Crippen LogP contribution in [0.25, 0.3) is 16.6 Å². The fourth-order valence-corrected chi connectivity index (χ4v) is 5.32. The molecule has 33 heavy (non-hydrogen) atoms. The van der Waals surface area contributed by atoms with Crippen molar-refractivity contribution in [2.45, 2.75) is 31.2 Å². The molecule has 0 aliphatic carbocycles. The van der Waals surface area contributed by atoms with Crippen LogP contribution in [0.15, 0.2) is 82.5 Å². The quantitative estimate of drug-likeness (QED) is 0.417. The Morgan fingerprint density at radius 2 is 1.73 bits per heavy atom. The van der Waals surface area contributed by atoms with Gasteiger partial charge in [-0.15, -0.1) is 0 Å². The number of fused-ring (bicyclic) bond motifs is 1. The summed E-state index contributed by atoms with van der Waals surface area (Å²) in [6, 6.07) is 18.4. The second-order valence-corrected chi connectivity index (χ2v) is 9.86. The van der Waals surface area contributed by atoms with Crippen LogP contribution in [0.2, 0.25) is 0 Å². The molecule has 6 nitrogen and oxygen atoms in total. The summed E-state index contributed by atoms with van der Waals surface area (Å²) in [5.74, 6) is -0.201. The van der Waals surface area contributed by atoms with Crippen molar-refractivity contribution in [1.82, 2.24) is 13.9 Å². The van der Waals surface area contributed by atoms with Gasteiger partial charge in [0.2, 0.25) is 10.0 Å². The predicted molar refractivity (Wildman–Crippen MR) is 126 cm³/mol. The van der Waals surface area contributed by atoms with Crippen molar-refractivity contribution in [1.29, 1.82) is 0 Å². The number of nitrogens with zero attached hydrogens (tertiary/aromatic N) is 3. The highest BCUT2D eigenvalue weighted by molar-refractivity contribution is 7.89. The van der Waals surface area contributed by atoms with Gasteiger partial charge in [0.05, 0.1) is 27.5 Å². The van der Waals surface area contributed by atoms with Gasteiger partial charge in [0.15, 0.2) is 0 Å². The van der Waals surface area contributed by atoms with Crippen LogP contribution >= 0.6 is 0 Å². The first-order valence-corrected chi connectivity index (χ1v) is 12.0. The standard InChI is InChI=1S/C25H24FN3O3S/c1-4-23(28(3)33(31,32)20-14-12-18(26)13-15-20)24-27-22-11-6-5-10-21(22)25(30)29(24)19-9-7-8-17(2)16-19/h5-16,23H,4H2,1-3H3. The van der Waals surface area contributed by atoms with Crippen molar-refractivity contribution in [3.05, 3.63) is 100 Å². The van der Waals surface area contributed by atoms with Crippen LogP contribution in [0.1, 0.15) is 30.8 Å². The molecule has 0 radical (unpaired) electrons. The molecular formula is C25H24FN3O3S. The lowest BCUT2D eigenvalue weighted by molar-refractivity contribution is 0.347. The van der Waals surface area contributed by atoms with Crippen molar-refractivity contribution >= 4 is 20.9 Å². The average Bonchev–Trinajstić information content (AvgIpc) is 2.80. The number of para-hydroxylation sites is 1. The Labute approximate surface area is 192 Å². The second-order valence-electron chi connectivity index (χ2n) is 7.87. The highest BCUT2D eigenvalue weighted by atomic mass is 32.2. The minimum Gasteiger partial charge on any atom is -0.268 e. The van der Waals surface area contributed by atoms with Gasteiger partial charge in [-0.25, -0.2) is 17.8 Å². The first-order chi connectivity index (χ1) is 15.7. The lowest BCUT2D eigenvalue weighted by atomic mass is 10.1. The minimum absolute atomic E-state index is 0.0323. The smallest absolute Gasteiger partial charge is 0.266 e. The summed E-state index contributed by atoms with van der Waals surface area (Å²) >= 11 is 0. The number of aryl methyl sites for hydroxylation is 1. The summed E-state index contributed by atoms with van der Waals surface area (Å²) in [4.78, 5) is 18.3. The van der Waals surface area contributed by atoms with E-state index in [1.807, 2.05) is 32.0 Å². The van der Waals surface area contributed by atoms with Gasteiger partial charge in [0, 0.05) is 7.05 Å². The topological polar surface area (TPSA) is 72.3 Å². The van der Waals surface area contributed by atoms with Gasteiger partial charge < -0.3 is 0 Å². The molecule has 0 aliphatic rings. The molecule has 4 rings (SSSR count). The van der Waals surface area contributed by atoms with Crippen LogP contribution < -0.4 is 5.56 Å². The molecule has 0 fully saturated rings. The van der Waals surface area contributed by atoms with Gasteiger partial charge in [-0.3, -0.25) is 9.36 Å². The third-order valence-corrected chi connectivity index (χ3v) is 7.56. The van der Waals surface area contributed by atoms with E-state index in [4.69, 9.17) is 4.98 Å². The highest BCUT2D eigenvalue weighted by Crippen LogP contribution is 2.29. The Morgan fingerprint density at radius 3 is 2.39 bits per heavy atom. The molecule has 170 valence electrons. The van der Waals surface area contributed by atoms with E-state index in [-0.39, 0.29) is 10.5 Å². The zero-order valence-corrected chi connectivity index (χ0v) is 19.4. The maximum absolute atomic E-state index is 13.6. The molecule has 1 heterocycles. The minimum atomic E-state index is -3.98. The van der Waals surface area contributed by atoms with E-state index in [0.29, 0.717) is 28.8 Å². The SMILES string of the molecule is CCC(c1nc2ccccc2c(=O)n1-c1cccc(C)c1)N(C)S(=O)(=O)c1ccc(F)cc1. The third kappa shape index (κ3) is 4.19. The Bertz CT molecular complexity index is 1480. The Kier molecular flexibility index (Phi) is 6.14. The van der Waals surface area contributed by atoms with E-state index >= 15 is 0 Å². The van der Waals surface area contributed by atoms with E-state index in [1.165, 1.54) is 28.1 Å². The van der Waals surface area contributed by atoms with Crippen LogP contribution in [0.3, 0.4) is 0 Å². The maximum atomic E-state index is 13.6. The third-order valence-electron chi connectivity index (χ3n) is 5.68.